The van der Waals surface area contributed by atoms with E-state index in [0.29, 0.717) is 23.3 Å². The van der Waals surface area contributed by atoms with Crippen molar-refractivity contribution < 1.29 is 4.39 Å². The molecule has 0 saturated carbocycles. The van der Waals surface area contributed by atoms with Gasteiger partial charge in [0.2, 0.25) is 5.95 Å². The number of benzene rings is 2. The van der Waals surface area contributed by atoms with Gasteiger partial charge in [-0.3, -0.25) is 0 Å². The van der Waals surface area contributed by atoms with Crippen LogP contribution in [0.4, 0.5) is 21.8 Å². The number of aryl methyl sites for hydroxylation is 1. The molecule has 0 atom stereocenters. The van der Waals surface area contributed by atoms with Crippen molar-refractivity contribution in [3.63, 3.8) is 0 Å². The first-order valence-electron chi connectivity index (χ1n) is 7.81. The van der Waals surface area contributed by atoms with Gasteiger partial charge in [0.15, 0.2) is 5.82 Å². The Morgan fingerprint density at radius 3 is 2.72 bits per heavy atom. The molecule has 0 bridgehead atoms. The van der Waals surface area contributed by atoms with E-state index >= 15 is 0 Å². The lowest BCUT2D eigenvalue weighted by molar-refractivity contribution is 0.627. The van der Waals surface area contributed by atoms with Crippen molar-refractivity contribution in [1.29, 1.82) is 0 Å². The molecule has 5 nitrogen and oxygen atoms in total. The molecule has 0 aliphatic heterocycles. The van der Waals surface area contributed by atoms with E-state index < -0.39 is 0 Å². The van der Waals surface area contributed by atoms with Crippen LogP contribution in [0.2, 0.25) is 5.02 Å². The van der Waals surface area contributed by atoms with Crippen LogP contribution in [0.5, 0.6) is 0 Å². The topological polar surface area (TPSA) is 62.7 Å². The molecule has 0 amide bonds. The fraction of sp³-hybridized carbons (Fsp3) is 0.167. The molecule has 0 spiro atoms. The summed E-state index contributed by atoms with van der Waals surface area (Å²) in [5, 5.41) is 14.9. The molecule has 0 unspecified atom stereocenters. The Hall–Kier alpha value is -2.73. The Labute approximate surface area is 150 Å². The highest BCUT2D eigenvalue weighted by Crippen LogP contribution is 2.22. The second-order valence-electron chi connectivity index (χ2n) is 5.55. The average Bonchev–Trinajstić information content (AvgIpc) is 2.60. The second-order valence-corrected chi connectivity index (χ2v) is 5.99. The van der Waals surface area contributed by atoms with Crippen LogP contribution in [-0.4, -0.2) is 21.7 Å². The third-order valence-corrected chi connectivity index (χ3v) is 3.87. The zero-order chi connectivity index (χ0) is 17.6. The van der Waals surface area contributed by atoms with Crippen molar-refractivity contribution in [3.8, 4) is 0 Å². The molecule has 1 heterocycles. The van der Waals surface area contributed by atoms with Gasteiger partial charge in [0.05, 0.1) is 6.20 Å². The Morgan fingerprint density at radius 2 is 1.92 bits per heavy atom. The standard InChI is InChI=1S/C18H17ClFN5/c1-12-2-5-14(19)10-16(12)23-18-24-17(11-22-25-18)21-9-8-13-3-6-15(20)7-4-13/h2-7,10-11H,8-9H2,1H3,(H2,21,23,24,25). The molecule has 128 valence electrons. The third kappa shape index (κ3) is 4.87. The number of nitrogens with one attached hydrogen (secondary N) is 2. The fourth-order valence-corrected chi connectivity index (χ4v) is 2.45. The van der Waals surface area contributed by atoms with Crippen LogP contribution in [0.25, 0.3) is 0 Å². The predicted molar refractivity (Wildman–Crippen MR) is 97.9 cm³/mol. The summed E-state index contributed by atoms with van der Waals surface area (Å²) in [6.45, 7) is 2.62. The minimum atomic E-state index is -0.233. The molecule has 0 radical (unpaired) electrons. The molecule has 2 aromatic carbocycles. The van der Waals surface area contributed by atoms with E-state index in [0.717, 1.165) is 23.2 Å². The molecule has 1 aromatic heterocycles. The average molecular weight is 358 g/mol. The molecule has 3 aromatic rings. The number of nitrogens with zero attached hydrogens (tertiary/aromatic N) is 3. The van der Waals surface area contributed by atoms with E-state index in [1.165, 1.54) is 12.1 Å². The highest BCUT2D eigenvalue weighted by atomic mass is 35.5. The number of hydrogen-bond acceptors (Lipinski definition) is 5. The molecular weight excluding hydrogens is 341 g/mol. The summed E-state index contributed by atoms with van der Waals surface area (Å²) in [6.07, 6.45) is 2.31. The Kier molecular flexibility index (Phi) is 5.40. The smallest absolute Gasteiger partial charge is 0.249 e. The van der Waals surface area contributed by atoms with Crippen LogP contribution in [0.15, 0.2) is 48.7 Å². The molecule has 3 rings (SSSR count). The highest BCUT2D eigenvalue weighted by molar-refractivity contribution is 6.30. The predicted octanol–water partition coefficient (Wildman–Crippen LogP) is 4.37. The molecule has 0 fully saturated rings. The van der Waals surface area contributed by atoms with E-state index in [1.807, 2.05) is 25.1 Å². The molecule has 7 heteroatoms. The maximum Gasteiger partial charge on any atom is 0.249 e. The molecule has 25 heavy (non-hydrogen) atoms. The Morgan fingerprint density at radius 1 is 1.12 bits per heavy atom. The molecule has 0 aliphatic carbocycles. The zero-order valence-electron chi connectivity index (χ0n) is 13.6. The minimum absolute atomic E-state index is 0.233. The summed E-state index contributed by atoms with van der Waals surface area (Å²) in [6, 6.07) is 12.0. The SMILES string of the molecule is Cc1ccc(Cl)cc1Nc1nncc(NCCc2ccc(F)cc2)n1. The van der Waals surface area contributed by atoms with Crippen molar-refractivity contribution in [3.05, 3.63) is 70.6 Å². The van der Waals surface area contributed by atoms with E-state index in [9.17, 15) is 4.39 Å². The summed E-state index contributed by atoms with van der Waals surface area (Å²) in [7, 11) is 0. The summed E-state index contributed by atoms with van der Waals surface area (Å²) in [5.74, 6) is 0.764. The van der Waals surface area contributed by atoms with Gasteiger partial charge in [-0.05, 0) is 48.7 Å². The number of anilines is 3. The lowest BCUT2D eigenvalue weighted by Gasteiger charge is -2.10. The van der Waals surface area contributed by atoms with Crippen molar-refractivity contribution in [1.82, 2.24) is 15.2 Å². The monoisotopic (exact) mass is 357 g/mol. The van der Waals surface area contributed by atoms with Crippen LogP contribution in [0, 0.1) is 12.7 Å². The number of halogens is 2. The van der Waals surface area contributed by atoms with Crippen LogP contribution in [0.1, 0.15) is 11.1 Å². The first-order valence-corrected chi connectivity index (χ1v) is 8.19. The summed E-state index contributed by atoms with van der Waals surface area (Å²) >= 11 is 6.02. The van der Waals surface area contributed by atoms with Gasteiger partial charge < -0.3 is 10.6 Å². The quantitative estimate of drug-likeness (QED) is 0.685. The van der Waals surface area contributed by atoms with Crippen LogP contribution >= 0.6 is 11.6 Å². The van der Waals surface area contributed by atoms with Crippen LogP contribution in [0.3, 0.4) is 0 Å². The maximum atomic E-state index is 12.9. The van der Waals surface area contributed by atoms with Gasteiger partial charge in [0.25, 0.3) is 0 Å². The van der Waals surface area contributed by atoms with E-state index in [4.69, 9.17) is 11.6 Å². The van der Waals surface area contributed by atoms with Gasteiger partial charge >= 0.3 is 0 Å². The zero-order valence-corrected chi connectivity index (χ0v) is 14.4. The van der Waals surface area contributed by atoms with Crippen molar-refractivity contribution in [2.75, 3.05) is 17.2 Å². The largest absolute Gasteiger partial charge is 0.368 e. The van der Waals surface area contributed by atoms with Gasteiger partial charge in [-0.25, -0.2) is 4.39 Å². The molecular formula is C18H17ClFN5. The molecule has 0 aliphatic rings. The van der Waals surface area contributed by atoms with Gasteiger partial charge in [0, 0.05) is 17.3 Å². The van der Waals surface area contributed by atoms with Crippen LogP contribution < -0.4 is 10.6 Å². The minimum Gasteiger partial charge on any atom is -0.368 e. The second kappa shape index (κ2) is 7.90. The molecule has 0 saturated heterocycles. The lowest BCUT2D eigenvalue weighted by Crippen LogP contribution is -2.09. The van der Waals surface area contributed by atoms with E-state index in [1.54, 1.807) is 18.3 Å². The maximum absolute atomic E-state index is 12.9. The van der Waals surface area contributed by atoms with Crippen molar-refractivity contribution in [2.24, 2.45) is 0 Å². The Bertz CT molecular complexity index is 854. The van der Waals surface area contributed by atoms with Gasteiger partial charge in [0.1, 0.15) is 5.82 Å². The van der Waals surface area contributed by atoms with E-state index in [2.05, 4.69) is 25.8 Å². The number of hydrogen-bond donors (Lipinski definition) is 2. The summed E-state index contributed by atoms with van der Waals surface area (Å²) in [5.41, 5.74) is 2.91. The normalized spacial score (nSPS) is 10.5. The highest BCUT2D eigenvalue weighted by Gasteiger charge is 2.04. The van der Waals surface area contributed by atoms with Crippen molar-refractivity contribution in [2.45, 2.75) is 13.3 Å². The third-order valence-electron chi connectivity index (χ3n) is 3.64. The van der Waals surface area contributed by atoms with Gasteiger partial charge in [-0.15, -0.1) is 5.10 Å². The van der Waals surface area contributed by atoms with Crippen molar-refractivity contribution >= 4 is 29.1 Å². The summed E-state index contributed by atoms with van der Waals surface area (Å²) in [4.78, 5) is 4.39. The fourth-order valence-electron chi connectivity index (χ4n) is 2.28. The number of rotatable bonds is 6. The van der Waals surface area contributed by atoms with E-state index in [-0.39, 0.29) is 5.82 Å². The van der Waals surface area contributed by atoms with Gasteiger partial charge in [-0.2, -0.15) is 10.1 Å². The first kappa shape index (κ1) is 17.1. The number of aromatic nitrogens is 3. The van der Waals surface area contributed by atoms with Crippen LogP contribution in [-0.2, 0) is 6.42 Å². The van der Waals surface area contributed by atoms with Gasteiger partial charge in [-0.1, -0.05) is 29.8 Å². The first-order chi connectivity index (χ1) is 12.1. The molecule has 2 N–H and O–H groups in total. The Balaban J connectivity index is 1.61. The summed E-state index contributed by atoms with van der Waals surface area (Å²) < 4.78 is 12.9. The lowest BCUT2D eigenvalue weighted by atomic mass is 10.1.